The lowest BCUT2D eigenvalue weighted by atomic mass is 10.0. The molecule has 0 aliphatic carbocycles. The smallest absolute Gasteiger partial charge is 0.261 e. The molecule has 1 atom stereocenters. The highest BCUT2D eigenvalue weighted by atomic mass is 32.1. The van der Waals surface area contributed by atoms with E-state index in [4.69, 9.17) is 5.73 Å². The van der Waals surface area contributed by atoms with E-state index in [2.05, 4.69) is 37.9 Å². The first-order valence-corrected chi connectivity index (χ1v) is 8.36. The van der Waals surface area contributed by atoms with Crippen LogP contribution >= 0.6 is 11.3 Å². The van der Waals surface area contributed by atoms with Gasteiger partial charge in [0.1, 0.15) is 0 Å². The summed E-state index contributed by atoms with van der Waals surface area (Å²) in [4.78, 5) is 13.9. The number of nitrogens with one attached hydrogen (secondary N) is 1. The van der Waals surface area contributed by atoms with Crippen LogP contribution in [0.25, 0.3) is 0 Å². The minimum absolute atomic E-state index is 0.000875. The fourth-order valence-electron chi connectivity index (χ4n) is 2.05. The van der Waals surface area contributed by atoms with Crippen molar-refractivity contribution >= 4 is 17.2 Å². The fourth-order valence-corrected chi connectivity index (χ4v) is 3.00. The second-order valence-electron chi connectivity index (χ2n) is 5.83. The van der Waals surface area contributed by atoms with E-state index in [9.17, 15) is 4.79 Å². The molecule has 0 spiro atoms. The van der Waals surface area contributed by atoms with Gasteiger partial charge in [0, 0.05) is 6.04 Å². The van der Waals surface area contributed by atoms with Crippen LogP contribution in [0.3, 0.4) is 0 Å². The molecule has 0 aliphatic rings. The highest BCUT2D eigenvalue weighted by Gasteiger charge is 2.14. The Morgan fingerprint density at radius 1 is 1.38 bits per heavy atom. The zero-order valence-corrected chi connectivity index (χ0v) is 14.3. The average Bonchev–Trinajstić information content (AvgIpc) is 2.77. The molecule has 116 valence electrons. The molecular formula is C17H26N2OS. The van der Waals surface area contributed by atoms with E-state index < -0.39 is 0 Å². The summed E-state index contributed by atoms with van der Waals surface area (Å²) in [6.07, 6.45) is 3.38. The Hall–Kier alpha value is -1.31. The normalized spacial score (nSPS) is 11.9. The largest absolute Gasteiger partial charge is 0.349 e. The Balaban J connectivity index is 2.55. The van der Waals surface area contributed by atoms with Crippen molar-refractivity contribution in [3.63, 3.8) is 0 Å². The molecule has 1 heterocycles. The molecule has 0 bridgehead atoms. The summed E-state index contributed by atoms with van der Waals surface area (Å²) in [5, 5.41) is 3.07. The number of aryl methyl sites for hydroxylation is 1. The molecule has 0 saturated carbocycles. The fraction of sp³-hybridized carbons (Fsp3) is 0.588. The minimum atomic E-state index is 0.000875. The Kier molecular flexibility index (Phi) is 7.49. The SMILES string of the molecule is Cc1cc(C(=O)NC(C)CCCC(C)C)sc1C#CCN. The van der Waals surface area contributed by atoms with Gasteiger partial charge in [-0.15, -0.1) is 11.3 Å². The van der Waals surface area contributed by atoms with Crippen molar-refractivity contribution in [1.29, 1.82) is 0 Å². The monoisotopic (exact) mass is 306 g/mol. The van der Waals surface area contributed by atoms with Gasteiger partial charge in [-0.2, -0.15) is 0 Å². The molecule has 0 saturated heterocycles. The summed E-state index contributed by atoms with van der Waals surface area (Å²) in [7, 11) is 0. The number of nitrogens with two attached hydrogens (primary N) is 1. The third-order valence-corrected chi connectivity index (χ3v) is 4.39. The first-order valence-electron chi connectivity index (χ1n) is 7.54. The maximum absolute atomic E-state index is 12.2. The van der Waals surface area contributed by atoms with Gasteiger partial charge < -0.3 is 11.1 Å². The summed E-state index contributed by atoms with van der Waals surface area (Å²) in [5.74, 6) is 6.56. The molecule has 1 rings (SSSR count). The quantitative estimate of drug-likeness (QED) is 0.792. The maximum atomic E-state index is 12.2. The van der Waals surface area contributed by atoms with E-state index >= 15 is 0 Å². The van der Waals surface area contributed by atoms with Crippen LogP contribution in [0.4, 0.5) is 0 Å². The molecule has 21 heavy (non-hydrogen) atoms. The zero-order chi connectivity index (χ0) is 15.8. The van der Waals surface area contributed by atoms with Crippen LogP contribution in [-0.2, 0) is 0 Å². The molecule has 3 N–H and O–H groups in total. The van der Waals surface area contributed by atoms with Crippen molar-refractivity contribution < 1.29 is 4.79 Å². The van der Waals surface area contributed by atoms with Crippen molar-refractivity contribution in [2.24, 2.45) is 11.7 Å². The predicted molar refractivity (Wildman–Crippen MR) is 90.6 cm³/mol. The average molecular weight is 306 g/mol. The van der Waals surface area contributed by atoms with Crippen LogP contribution in [0.2, 0.25) is 0 Å². The van der Waals surface area contributed by atoms with Gasteiger partial charge in [-0.3, -0.25) is 4.79 Å². The van der Waals surface area contributed by atoms with Gasteiger partial charge in [-0.05, 0) is 37.8 Å². The molecule has 1 aromatic heterocycles. The van der Waals surface area contributed by atoms with Crippen molar-refractivity contribution in [3.05, 3.63) is 21.4 Å². The molecule has 3 nitrogen and oxygen atoms in total. The zero-order valence-electron chi connectivity index (χ0n) is 13.5. The van der Waals surface area contributed by atoms with Crippen LogP contribution in [0.5, 0.6) is 0 Å². The number of carbonyl (C=O) groups excluding carboxylic acids is 1. The van der Waals surface area contributed by atoms with E-state index in [-0.39, 0.29) is 11.9 Å². The van der Waals surface area contributed by atoms with Crippen molar-refractivity contribution in [2.75, 3.05) is 6.54 Å². The standard InChI is InChI=1S/C17H26N2OS/c1-12(2)7-5-8-14(4)19-17(20)16-11-13(3)15(21-16)9-6-10-18/h11-12,14H,5,7-8,10,18H2,1-4H3,(H,19,20). The summed E-state index contributed by atoms with van der Waals surface area (Å²) in [6.45, 7) is 8.82. The van der Waals surface area contributed by atoms with Crippen molar-refractivity contribution in [1.82, 2.24) is 5.32 Å². The third kappa shape index (κ3) is 6.33. The second kappa shape index (κ2) is 8.86. The number of amides is 1. The van der Waals surface area contributed by atoms with Gasteiger partial charge in [0.2, 0.25) is 0 Å². The van der Waals surface area contributed by atoms with Crippen LogP contribution in [-0.4, -0.2) is 18.5 Å². The highest BCUT2D eigenvalue weighted by Crippen LogP contribution is 2.21. The summed E-state index contributed by atoms with van der Waals surface area (Å²) < 4.78 is 0. The summed E-state index contributed by atoms with van der Waals surface area (Å²) in [6, 6.07) is 2.11. The van der Waals surface area contributed by atoms with Gasteiger partial charge in [0.25, 0.3) is 5.91 Å². The number of rotatable bonds is 6. The highest BCUT2D eigenvalue weighted by molar-refractivity contribution is 7.14. The van der Waals surface area contributed by atoms with E-state index in [1.165, 1.54) is 17.8 Å². The Bertz CT molecular complexity index is 523. The molecular weight excluding hydrogens is 280 g/mol. The predicted octanol–water partition coefficient (Wildman–Crippen LogP) is 3.31. The van der Waals surface area contributed by atoms with E-state index in [1.807, 2.05) is 13.0 Å². The number of carbonyl (C=O) groups is 1. The molecule has 0 aromatic carbocycles. The molecule has 1 unspecified atom stereocenters. The van der Waals surface area contributed by atoms with Crippen molar-refractivity contribution in [3.8, 4) is 11.8 Å². The number of hydrogen-bond acceptors (Lipinski definition) is 3. The Morgan fingerprint density at radius 2 is 2.10 bits per heavy atom. The van der Waals surface area contributed by atoms with E-state index in [0.717, 1.165) is 34.1 Å². The topological polar surface area (TPSA) is 55.1 Å². The van der Waals surface area contributed by atoms with Gasteiger partial charge >= 0.3 is 0 Å². The molecule has 0 fully saturated rings. The van der Waals surface area contributed by atoms with Gasteiger partial charge in [0.15, 0.2) is 0 Å². The Morgan fingerprint density at radius 3 is 2.71 bits per heavy atom. The van der Waals surface area contributed by atoms with Crippen LogP contribution < -0.4 is 11.1 Å². The third-order valence-electron chi connectivity index (χ3n) is 3.24. The maximum Gasteiger partial charge on any atom is 0.261 e. The van der Waals surface area contributed by atoms with Gasteiger partial charge in [-0.1, -0.05) is 38.5 Å². The first-order chi connectivity index (χ1) is 9.93. The lowest BCUT2D eigenvalue weighted by molar-refractivity contribution is 0.0942. The Labute approximate surface area is 132 Å². The number of hydrogen-bond donors (Lipinski definition) is 2. The van der Waals surface area contributed by atoms with Gasteiger partial charge in [0.05, 0.1) is 16.3 Å². The summed E-state index contributed by atoms with van der Waals surface area (Å²) >= 11 is 1.44. The molecule has 1 amide bonds. The molecule has 0 aliphatic heterocycles. The van der Waals surface area contributed by atoms with E-state index in [0.29, 0.717) is 6.54 Å². The number of thiophene rings is 1. The van der Waals surface area contributed by atoms with Crippen LogP contribution in [0, 0.1) is 24.7 Å². The minimum Gasteiger partial charge on any atom is -0.349 e. The second-order valence-corrected chi connectivity index (χ2v) is 6.88. The first kappa shape index (κ1) is 17.7. The van der Waals surface area contributed by atoms with Gasteiger partial charge in [-0.25, -0.2) is 0 Å². The van der Waals surface area contributed by atoms with E-state index in [1.54, 1.807) is 0 Å². The lowest BCUT2D eigenvalue weighted by Gasteiger charge is -2.13. The van der Waals surface area contributed by atoms with Crippen LogP contribution in [0.1, 0.15) is 60.1 Å². The lowest BCUT2D eigenvalue weighted by Crippen LogP contribution is -2.32. The van der Waals surface area contributed by atoms with Crippen molar-refractivity contribution in [2.45, 2.75) is 53.0 Å². The van der Waals surface area contributed by atoms with Crippen LogP contribution in [0.15, 0.2) is 6.07 Å². The molecule has 0 radical (unpaired) electrons. The molecule has 4 heteroatoms. The summed E-state index contributed by atoms with van der Waals surface area (Å²) in [5.41, 5.74) is 6.42. The molecule has 1 aromatic rings.